The lowest BCUT2D eigenvalue weighted by Crippen LogP contribution is -2.45. The van der Waals surface area contributed by atoms with Crippen molar-refractivity contribution in [3.63, 3.8) is 0 Å². The van der Waals surface area contributed by atoms with Gasteiger partial charge in [0.25, 0.3) is 0 Å². The zero-order chi connectivity index (χ0) is 15.2. The van der Waals surface area contributed by atoms with Gasteiger partial charge in [0.15, 0.2) is 0 Å². The Morgan fingerprint density at radius 1 is 1.33 bits per heavy atom. The Hall–Kier alpha value is -1.39. The van der Waals surface area contributed by atoms with Gasteiger partial charge in [-0.1, -0.05) is 50.6 Å². The second-order valence-corrected chi connectivity index (χ2v) is 5.60. The molecule has 1 aromatic carbocycles. The van der Waals surface area contributed by atoms with E-state index < -0.39 is 11.9 Å². The number of aliphatic carboxylic acids is 1. The molecule has 21 heavy (non-hydrogen) atoms. The fourth-order valence-electron chi connectivity index (χ4n) is 3.26. The maximum atomic E-state index is 11.4. The highest BCUT2D eigenvalue weighted by molar-refractivity contribution is 5.71. The first-order valence-electron chi connectivity index (χ1n) is 7.80. The molecule has 0 spiro atoms. The van der Waals surface area contributed by atoms with Crippen molar-refractivity contribution in [1.29, 1.82) is 0 Å². The summed E-state index contributed by atoms with van der Waals surface area (Å²) in [6.45, 7) is 5.94. The average Bonchev–Trinajstić information content (AvgIpc) is 2.97. The Morgan fingerprint density at radius 3 is 2.62 bits per heavy atom. The zero-order valence-electron chi connectivity index (χ0n) is 12.9. The lowest BCUT2D eigenvalue weighted by Gasteiger charge is -2.37. The summed E-state index contributed by atoms with van der Waals surface area (Å²) in [5.74, 6) is -1.17. The van der Waals surface area contributed by atoms with Gasteiger partial charge in [0.05, 0.1) is 19.1 Å². The molecule has 1 aromatic rings. The van der Waals surface area contributed by atoms with E-state index in [1.54, 1.807) is 0 Å². The van der Waals surface area contributed by atoms with Crippen LogP contribution >= 0.6 is 0 Å². The van der Waals surface area contributed by atoms with Crippen LogP contribution in [0.1, 0.15) is 38.3 Å². The lowest BCUT2D eigenvalue weighted by atomic mass is 9.95. The summed E-state index contributed by atoms with van der Waals surface area (Å²) in [5, 5.41) is 9.40. The van der Waals surface area contributed by atoms with Crippen molar-refractivity contribution >= 4 is 5.97 Å². The highest BCUT2D eigenvalue weighted by Gasteiger charge is 2.40. The predicted molar refractivity (Wildman–Crippen MR) is 82.2 cm³/mol. The molecular formula is C17H25NO3. The first-order chi connectivity index (χ1) is 10.2. The molecule has 0 aromatic heterocycles. The van der Waals surface area contributed by atoms with Gasteiger partial charge in [-0.05, 0) is 18.5 Å². The van der Waals surface area contributed by atoms with E-state index in [0.717, 1.165) is 19.4 Å². The van der Waals surface area contributed by atoms with Gasteiger partial charge in [-0.3, -0.25) is 9.69 Å². The Bertz CT molecular complexity index is 449. The molecule has 4 heteroatoms. The van der Waals surface area contributed by atoms with Crippen LogP contribution in [0.15, 0.2) is 30.3 Å². The van der Waals surface area contributed by atoms with Crippen molar-refractivity contribution in [1.82, 2.24) is 4.90 Å². The van der Waals surface area contributed by atoms with Gasteiger partial charge in [0, 0.05) is 12.1 Å². The number of hydrogen-bond donors (Lipinski definition) is 1. The van der Waals surface area contributed by atoms with Gasteiger partial charge in [-0.25, -0.2) is 0 Å². The molecule has 0 amide bonds. The molecule has 0 radical (unpaired) electrons. The number of rotatable bonds is 7. The van der Waals surface area contributed by atoms with Crippen LogP contribution in [0.5, 0.6) is 0 Å². The van der Waals surface area contributed by atoms with Crippen LogP contribution in [-0.2, 0) is 9.53 Å². The molecule has 1 aliphatic heterocycles. The number of hydrogen-bond acceptors (Lipinski definition) is 3. The van der Waals surface area contributed by atoms with Crippen molar-refractivity contribution in [2.75, 3.05) is 19.8 Å². The van der Waals surface area contributed by atoms with Gasteiger partial charge >= 0.3 is 5.97 Å². The first-order valence-corrected chi connectivity index (χ1v) is 7.80. The van der Waals surface area contributed by atoms with Crippen molar-refractivity contribution in [3.05, 3.63) is 35.9 Å². The molecule has 1 fully saturated rings. The van der Waals surface area contributed by atoms with Crippen LogP contribution in [0.3, 0.4) is 0 Å². The molecule has 0 aliphatic carbocycles. The smallest absolute Gasteiger partial charge is 0.310 e. The van der Waals surface area contributed by atoms with Crippen LogP contribution < -0.4 is 0 Å². The largest absolute Gasteiger partial charge is 0.481 e. The summed E-state index contributed by atoms with van der Waals surface area (Å²) in [6.07, 6.45) is 2.10. The third-order valence-electron chi connectivity index (χ3n) is 4.31. The molecule has 1 saturated heterocycles. The van der Waals surface area contributed by atoms with Gasteiger partial charge in [0.1, 0.15) is 0 Å². The van der Waals surface area contributed by atoms with E-state index in [1.165, 1.54) is 5.56 Å². The molecule has 116 valence electrons. The topological polar surface area (TPSA) is 49.8 Å². The molecule has 0 saturated carbocycles. The molecule has 1 N–H and O–H groups in total. The summed E-state index contributed by atoms with van der Waals surface area (Å²) in [4.78, 5) is 13.8. The fraction of sp³-hybridized carbons (Fsp3) is 0.588. The van der Waals surface area contributed by atoms with Crippen molar-refractivity contribution in [2.45, 2.75) is 38.8 Å². The number of carbonyl (C=O) groups is 1. The molecule has 1 aliphatic rings. The summed E-state index contributed by atoms with van der Waals surface area (Å²) in [6, 6.07) is 10.6. The minimum absolute atomic E-state index is 0.0377. The quantitative estimate of drug-likeness (QED) is 0.839. The average molecular weight is 291 g/mol. The maximum absolute atomic E-state index is 11.4. The molecule has 0 bridgehead atoms. The third kappa shape index (κ3) is 3.63. The van der Waals surface area contributed by atoms with Crippen LogP contribution in [0.4, 0.5) is 0 Å². The highest BCUT2D eigenvalue weighted by Crippen LogP contribution is 2.32. The summed E-state index contributed by atoms with van der Waals surface area (Å²) in [7, 11) is 0. The predicted octanol–water partition coefficient (Wildman–Crippen LogP) is 2.95. The van der Waals surface area contributed by atoms with E-state index in [2.05, 4.69) is 30.9 Å². The SMILES string of the molecule is CCCC(c1ccccc1)N(CC)C1COCC1C(=O)O. The number of carboxylic acid groups (broad SMARTS) is 1. The van der Waals surface area contributed by atoms with E-state index in [4.69, 9.17) is 4.74 Å². The third-order valence-corrected chi connectivity index (χ3v) is 4.31. The lowest BCUT2D eigenvalue weighted by molar-refractivity contribution is -0.143. The van der Waals surface area contributed by atoms with Crippen molar-refractivity contribution < 1.29 is 14.6 Å². The summed E-state index contributed by atoms with van der Waals surface area (Å²) < 4.78 is 5.46. The zero-order valence-corrected chi connectivity index (χ0v) is 12.9. The van der Waals surface area contributed by atoms with Gasteiger partial charge in [-0.2, -0.15) is 0 Å². The summed E-state index contributed by atoms with van der Waals surface area (Å²) >= 11 is 0. The normalized spacial score (nSPS) is 23.4. The van der Waals surface area contributed by atoms with E-state index in [-0.39, 0.29) is 12.1 Å². The van der Waals surface area contributed by atoms with Crippen molar-refractivity contribution in [2.24, 2.45) is 5.92 Å². The van der Waals surface area contributed by atoms with Crippen LogP contribution in [0.2, 0.25) is 0 Å². The Labute approximate surface area is 126 Å². The Balaban J connectivity index is 2.25. The van der Waals surface area contributed by atoms with Gasteiger partial charge in [0.2, 0.25) is 0 Å². The Morgan fingerprint density at radius 2 is 2.05 bits per heavy atom. The maximum Gasteiger partial charge on any atom is 0.310 e. The van der Waals surface area contributed by atoms with E-state index in [9.17, 15) is 9.90 Å². The van der Waals surface area contributed by atoms with Crippen LogP contribution in [-0.4, -0.2) is 41.8 Å². The molecular weight excluding hydrogens is 266 g/mol. The van der Waals surface area contributed by atoms with Crippen LogP contribution in [0.25, 0.3) is 0 Å². The first kappa shape index (κ1) is 16.0. The van der Waals surface area contributed by atoms with Crippen molar-refractivity contribution in [3.8, 4) is 0 Å². The standard InChI is InChI=1S/C17H25NO3/c1-3-8-15(13-9-6-5-7-10-13)18(4-2)16-12-21-11-14(16)17(19)20/h5-7,9-10,14-16H,3-4,8,11-12H2,1-2H3,(H,19,20). The second-order valence-electron chi connectivity index (χ2n) is 5.60. The van der Waals surface area contributed by atoms with E-state index >= 15 is 0 Å². The number of likely N-dealkylation sites (N-methyl/N-ethyl adjacent to an activating group) is 1. The number of ether oxygens (including phenoxy) is 1. The highest BCUT2D eigenvalue weighted by atomic mass is 16.5. The minimum atomic E-state index is -0.751. The molecule has 2 rings (SSSR count). The fourth-order valence-corrected chi connectivity index (χ4v) is 3.26. The minimum Gasteiger partial charge on any atom is -0.481 e. The number of nitrogens with zero attached hydrogens (tertiary/aromatic N) is 1. The number of benzene rings is 1. The van der Waals surface area contributed by atoms with E-state index in [0.29, 0.717) is 13.2 Å². The molecule has 1 heterocycles. The monoisotopic (exact) mass is 291 g/mol. The Kier molecular flexibility index (Phi) is 5.76. The van der Waals surface area contributed by atoms with Gasteiger partial charge in [-0.15, -0.1) is 0 Å². The molecule has 4 nitrogen and oxygen atoms in total. The van der Waals surface area contributed by atoms with Gasteiger partial charge < -0.3 is 9.84 Å². The number of carboxylic acids is 1. The molecule has 3 unspecified atom stereocenters. The second kappa shape index (κ2) is 7.57. The van der Waals surface area contributed by atoms with Crippen LogP contribution in [0, 0.1) is 5.92 Å². The van der Waals surface area contributed by atoms with E-state index in [1.807, 2.05) is 18.2 Å². The summed E-state index contributed by atoms with van der Waals surface area (Å²) in [5.41, 5.74) is 1.26. The molecule has 3 atom stereocenters.